The van der Waals surface area contributed by atoms with Crippen molar-refractivity contribution in [2.75, 3.05) is 13.1 Å². The molecule has 2 N–H and O–H groups in total. The van der Waals surface area contributed by atoms with Gasteiger partial charge in [-0.15, -0.1) is 0 Å². The highest BCUT2D eigenvalue weighted by molar-refractivity contribution is 6.01. The molecule has 31 heavy (non-hydrogen) atoms. The molecule has 7 heteroatoms. The Kier molecular flexibility index (Phi) is 6.03. The second kappa shape index (κ2) is 9.21. The molecule has 0 unspecified atom stereocenters. The van der Waals surface area contributed by atoms with Gasteiger partial charge in [-0.25, -0.2) is 4.39 Å². The van der Waals surface area contributed by atoms with Crippen molar-refractivity contribution in [1.29, 1.82) is 0 Å². The van der Waals surface area contributed by atoms with Crippen LogP contribution in [0.3, 0.4) is 0 Å². The van der Waals surface area contributed by atoms with Gasteiger partial charge in [-0.05, 0) is 35.9 Å². The Balaban J connectivity index is 1.32. The number of rotatable bonds is 7. The van der Waals surface area contributed by atoms with Crippen LogP contribution in [-0.2, 0) is 11.2 Å². The van der Waals surface area contributed by atoms with Gasteiger partial charge in [0.25, 0.3) is 5.91 Å². The molecule has 0 aliphatic heterocycles. The molecular formula is C24H20FN3O3. The maximum Gasteiger partial charge on any atom is 0.251 e. The highest BCUT2D eigenvalue weighted by Crippen LogP contribution is 2.29. The summed E-state index contributed by atoms with van der Waals surface area (Å²) in [6.45, 7) is 0.567. The molecule has 0 saturated carbocycles. The van der Waals surface area contributed by atoms with Crippen molar-refractivity contribution in [3.05, 3.63) is 89.7 Å². The standard InChI is InChI=1S/C24H20FN3O3/c25-19-9-6-16(7-10-19)14-22(29)26-12-13-27-24(30)18-8-11-21-20(15-18)23(31-28-21)17-4-2-1-3-5-17/h1-11,15H,12-14H2,(H,26,29)(H,27,30). The summed E-state index contributed by atoms with van der Waals surface area (Å²) in [5.74, 6) is -0.181. The molecule has 0 spiro atoms. The number of aromatic nitrogens is 1. The first-order chi connectivity index (χ1) is 15.1. The van der Waals surface area contributed by atoms with E-state index in [0.717, 1.165) is 16.5 Å². The maximum atomic E-state index is 12.9. The minimum absolute atomic E-state index is 0.153. The lowest BCUT2D eigenvalue weighted by Crippen LogP contribution is -2.35. The van der Waals surface area contributed by atoms with Crippen LogP contribution in [-0.4, -0.2) is 30.1 Å². The van der Waals surface area contributed by atoms with Gasteiger partial charge >= 0.3 is 0 Å². The van der Waals surface area contributed by atoms with Gasteiger partial charge < -0.3 is 15.2 Å². The number of amides is 2. The van der Waals surface area contributed by atoms with Crippen LogP contribution in [0.25, 0.3) is 22.2 Å². The molecule has 3 aromatic carbocycles. The Hall–Kier alpha value is -4.00. The van der Waals surface area contributed by atoms with E-state index in [9.17, 15) is 14.0 Å². The van der Waals surface area contributed by atoms with Crippen LogP contribution < -0.4 is 10.6 Å². The van der Waals surface area contributed by atoms with E-state index in [1.807, 2.05) is 30.3 Å². The summed E-state index contributed by atoms with van der Waals surface area (Å²) < 4.78 is 18.4. The van der Waals surface area contributed by atoms with E-state index in [1.165, 1.54) is 12.1 Å². The zero-order chi connectivity index (χ0) is 21.6. The molecule has 4 aromatic rings. The fourth-order valence-electron chi connectivity index (χ4n) is 3.21. The molecule has 2 amide bonds. The van der Waals surface area contributed by atoms with Gasteiger partial charge in [-0.3, -0.25) is 9.59 Å². The third-order valence-corrected chi connectivity index (χ3v) is 4.79. The zero-order valence-corrected chi connectivity index (χ0v) is 16.6. The van der Waals surface area contributed by atoms with Crippen LogP contribution >= 0.6 is 0 Å². The Labute approximate surface area is 178 Å². The average molecular weight is 417 g/mol. The first-order valence-electron chi connectivity index (χ1n) is 9.84. The summed E-state index contributed by atoms with van der Waals surface area (Å²) in [6.07, 6.45) is 0.153. The SMILES string of the molecule is O=C(Cc1ccc(F)cc1)NCCNC(=O)c1ccc2noc(-c3ccccc3)c2c1. The Bertz CT molecular complexity index is 1200. The average Bonchev–Trinajstić information content (AvgIpc) is 3.22. The van der Waals surface area contributed by atoms with Gasteiger partial charge in [-0.1, -0.05) is 47.6 Å². The monoisotopic (exact) mass is 417 g/mol. The molecule has 0 fully saturated rings. The third-order valence-electron chi connectivity index (χ3n) is 4.79. The molecule has 0 aliphatic rings. The summed E-state index contributed by atoms with van der Waals surface area (Å²) in [5, 5.41) is 10.3. The maximum absolute atomic E-state index is 12.9. The topological polar surface area (TPSA) is 84.2 Å². The van der Waals surface area contributed by atoms with Crippen molar-refractivity contribution in [3.63, 3.8) is 0 Å². The number of benzene rings is 3. The molecule has 0 bridgehead atoms. The molecule has 0 atom stereocenters. The second-order valence-electron chi connectivity index (χ2n) is 7.02. The van der Waals surface area contributed by atoms with Crippen LogP contribution in [0.5, 0.6) is 0 Å². The van der Waals surface area contributed by atoms with Crippen molar-refractivity contribution in [2.45, 2.75) is 6.42 Å². The van der Waals surface area contributed by atoms with E-state index in [2.05, 4.69) is 15.8 Å². The first kappa shape index (κ1) is 20.3. The van der Waals surface area contributed by atoms with Crippen molar-refractivity contribution in [1.82, 2.24) is 15.8 Å². The summed E-state index contributed by atoms with van der Waals surface area (Å²) >= 11 is 0. The van der Waals surface area contributed by atoms with E-state index in [0.29, 0.717) is 16.8 Å². The molecule has 1 heterocycles. The predicted octanol–water partition coefficient (Wildman–Crippen LogP) is 3.72. The molecule has 1 aromatic heterocycles. The lowest BCUT2D eigenvalue weighted by atomic mass is 10.1. The number of nitrogens with one attached hydrogen (secondary N) is 2. The number of fused-ring (bicyclic) bond motifs is 1. The molecule has 0 aliphatic carbocycles. The number of hydrogen-bond donors (Lipinski definition) is 2. The van der Waals surface area contributed by atoms with E-state index in [-0.39, 0.29) is 37.1 Å². The molecular weight excluding hydrogens is 397 g/mol. The minimum Gasteiger partial charge on any atom is -0.355 e. The first-order valence-corrected chi connectivity index (χ1v) is 9.84. The van der Waals surface area contributed by atoms with Gasteiger partial charge in [0.2, 0.25) is 5.91 Å². The van der Waals surface area contributed by atoms with Crippen molar-refractivity contribution in [3.8, 4) is 11.3 Å². The highest BCUT2D eigenvalue weighted by Gasteiger charge is 2.14. The largest absolute Gasteiger partial charge is 0.355 e. The smallest absolute Gasteiger partial charge is 0.251 e. The quantitative estimate of drug-likeness (QED) is 0.449. The van der Waals surface area contributed by atoms with Crippen LogP contribution in [0.1, 0.15) is 15.9 Å². The van der Waals surface area contributed by atoms with E-state index < -0.39 is 0 Å². The summed E-state index contributed by atoms with van der Waals surface area (Å²) in [7, 11) is 0. The van der Waals surface area contributed by atoms with Crippen molar-refractivity contribution < 1.29 is 18.5 Å². The number of nitrogens with zero attached hydrogens (tertiary/aromatic N) is 1. The molecule has 4 rings (SSSR count). The van der Waals surface area contributed by atoms with Crippen LogP contribution in [0.15, 0.2) is 77.3 Å². The normalized spacial score (nSPS) is 10.7. The van der Waals surface area contributed by atoms with Gasteiger partial charge in [0.1, 0.15) is 11.3 Å². The van der Waals surface area contributed by atoms with Gasteiger partial charge in [0, 0.05) is 24.2 Å². The van der Waals surface area contributed by atoms with Crippen LogP contribution in [0, 0.1) is 5.82 Å². The fourth-order valence-corrected chi connectivity index (χ4v) is 3.21. The third kappa shape index (κ3) is 4.95. The van der Waals surface area contributed by atoms with Crippen molar-refractivity contribution in [2.24, 2.45) is 0 Å². The molecule has 0 radical (unpaired) electrons. The van der Waals surface area contributed by atoms with E-state index in [1.54, 1.807) is 30.3 Å². The summed E-state index contributed by atoms with van der Waals surface area (Å²) in [5.41, 5.74) is 2.75. The van der Waals surface area contributed by atoms with Gasteiger partial charge in [-0.2, -0.15) is 0 Å². The highest BCUT2D eigenvalue weighted by atomic mass is 19.1. The lowest BCUT2D eigenvalue weighted by molar-refractivity contribution is -0.120. The van der Waals surface area contributed by atoms with Crippen molar-refractivity contribution >= 4 is 22.7 Å². The number of carbonyl (C=O) groups excluding carboxylic acids is 2. The summed E-state index contributed by atoms with van der Waals surface area (Å²) in [4.78, 5) is 24.5. The zero-order valence-electron chi connectivity index (χ0n) is 16.6. The molecule has 0 saturated heterocycles. The van der Waals surface area contributed by atoms with Crippen LogP contribution in [0.2, 0.25) is 0 Å². The van der Waals surface area contributed by atoms with E-state index >= 15 is 0 Å². The Morgan fingerprint density at radius 1 is 0.903 bits per heavy atom. The molecule has 6 nitrogen and oxygen atoms in total. The lowest BCUT2D eigenvalue weighted by Gasteiger charge is -2.08. The molecule has 156 valence electrons. The second-order valence-corrected chi connectivity index (χ2v) is 7.02. The predicted molar refractivity (Wildman–Crippen MR) is 115 cm³/mol. The Morgan fingerprint density at radius 2 is 1.65 bits per heavy atom. The van der Waals surface area contributed by atoms with Crippen LogP contribution in [0.4, 0.5) is 4.39 Å². The van der Waals surface area contributed by atoms with E-state index in [4.69, 9.17) is 4.52 Å². The number of halogens is 1. The Morgan fingerprint density at radius 3 is 2.42 bits per heavy atom. The van der Waals surface area contributed by atoms with Gasteiger partial charge in [0.15, 0.2) is 5.76 Å². The number of carbonyl (C=O) groups is 2. The summed E-state index contributed by atoms with van der Waals surface area (Å²) in [6, 6.07) is 20.5. The fraction of sp³-hybridized carbons (Fsp3) is 0.125. The minimum atomic E-state index is -0.341. The number of hydrogen-bond acceptors (Lipinski definition) is 4. The van der Waals surface area contributed by atoms with Gasteiger partial charge in [0.05, 0.1) is 11.8 Å².